The van der Waals surface area contributed by atoms with Gasteiger partial charge in [-0.15, -0.1) is 11.3 Å². The number of imidazole rings is 1. The van der Waals surface area contributed by atoms with Gasteiger partial charge >= 0.3 is 0 Å². The number of hydrogen-bond donors (Lipinski definition) is 2. The average Bonchev–Trinajstić information content (AvgIpc) is 3.30. The van der Waals surface area contributed by atoms with Gasteiger partial charge in [0, 0.05) is 17.1 Å². The number of benzene rings is 2. The first-order valence-electron chi connectivity index (χ1n) is 7.48. The summed E-state index contributed by atoms with van der Waals surface area (Å²) in [5.74, 6) is 0. The van der Waals surface area contributed by atoms with Gasteiger partial charge in [-0.25, -0.2) is 9.97 Å². The first-order chi connectivity index (χ1) is 11.8. The zero-order valence-electron chi connectivity index (χ0n) is 12.6. The van der Waals surface area contributed by atoms with Gasteiger partial charge in [0.25, 0.3) is 0 Å². The van der Waals surface area contributed by atoms with Crippen LogP contribution in [0.3, 0.4) is 0 Å². The summed E-state index contributed by atoms with van der Waals surface area (Å²) < 4.78 is 0. The van der Waals surface area contributed by atoms with Crippen molar-refractivity contribution in [3.8, 4) is 10.6 Å². The number of aromatic nitrogens is 3. The molecule has 0 aliphatic rings. The Bertz CT molecular complexity index is 978. The second-order valence-corrected chi connectivity index (χ2v) is 6.25. The number of aromatic amines is 1. The van der Waals surface area contributed by atoms with Crippen molar-refractivity contribution < 1.29 is 4.79 Å². The molecule has 0 spiro atoms. The van der Waals surface area contributed by atoms with E-state index >= 15 is 0 Å². The molecule has 1 atom stereocenters. The van der Waals surface area contributed by atoms with Crippen molar-refractivity contribution in [3.63, 3.8) is 0 Å². The number of hydrogen-bond acceptors (Lipinski definition) is 4. The lowest BCUT2D eigenvalue weighted by atomic mass is 9.97. The molecule has 24 heavy (non-hydrogen) atoms. The number of H-pyrrole nitrogens is 1. The second-order valence-electron chi connectivity index (χ2n) is 5.36. The van der Waals surface area contributed by atoms with E-state index in [0.717, 1.165) is 39.1 Å². The number of amides is 1. The molecule has 5 nitrogen and oxygen atoms in total. The standard InChI is InChI=1S/C18H14N4OS/c23-11-22-17(13-4-5-15-16(9-13)21-10-20-15)12-2-1-3-14(8-12)18-19-6-7-24-18/h1-11,17H,(H,20,21)(H,22,23). The first-order valence-corrected chi connectivity index (χ1v) is 8.35. The quantitative estimate of drug-likeness (QED) is 0.549. The van der Waals surface area contributed by atoms with E-state index in [1.807, 2.05) is 41.8 Å². The molecule has 2 aromatic carbocycles. The van der Waals surface area contributed by atoms with Gasteiger partial charge in [-0.1, -0.05) is 24.3 Å². The molecule has 4 rings (SSSR count). The third-order valence-corrected chi connectivity index (χ3v) is 4.73. The molecule has 0 saturated heterocycles. The topological polar surface area (TPSA) is 70.7 Å². The van der Waals surface area contributed by atoms with Gasteiger partial charge in [0.2, 0.25) is 6.41 Å². The minimum Gasteiger partial charge on any atom is -0.348 e. The molecular formula is C18H14N4OS. The van der Waals surface area contributed by atoms with Gasteiger partial charge in [-0.3, -0.25) is 4.79 Å². The zero-order valence-corrected chi connectivity index (χ0v) is 13.5. The van der Waals surface area contributed by atoms with Crippen LogP contribution in [0.15, 0.2) is 60.4 Å². The monoisotopic (exact) mass is 334 g/mol. The molecule has 118 valence electrons. The van der Waals surface area contributed by atoms with E-state index in [1.165, 1.54) is 0 Å². The van der Waals surface area contributed by atoms with Gasteiger partial charge in [-0.2, -0.15) is 0 Å². The Morgan fingerprint density at radius 2 is 2.04 bits per heavy atom. The molecular weight excluding hydrogens is 320 g/mol. The summed E-state index contributed by atoms with van der Waals surface area (Å²) in [6, 6.07) is 13.8. The lowest BCUT2D eigenvalue weighted by molar-refractivity contribution is -0.110. The number of rotatable bonds is 5. The highest BCUT2D eigenvalue weighted by Crippen LogP contribution is 2.29. The molecule has 1 unspecified atom stereocenters. The van der Waals surface area contributed by atoms with E-state index in [2.05, 4.69) is 26.3 Å². The van der Waals surface area contributed by atoms with Gasteiger partial charge in [0.1, 0.15) is 5.01 Å². The largest absolute Gasteiger partial charge is 0.348 e. The Morgan fingerprint density at radius 1 is 1.12 bits per heavy atom. The number of nitrogens with zero attached hydrogens (tertiary/aromatic N) is 2. The first kappa shape index (κ1) is 14.6. The highest BCUT2D eigenvalue weighted by atomic mass is 32.1. The van der Waals surface area contributed by atoms with Crippen molar-refractivity contribution in [2.45, 2.75) is 6.04 Å². The summed E-state index contributed by atoms with van der Waals surface area (Å²) in [7, 11) is 0. The van der Waals surface area contributed by atoms with Crippen LogP contribution in [0.25, 0.3) is 21.6 Å². The smallest absolute Gasteiger partial charge is 0.207 e. The Hall–Kier alpha value is -2.99. The molecule has 0 radical (unpaired) electrons. The van der Waals surface area contributed by atoms with E-state index in [0.29, 0.717) is 0 Å². The molecule has 2 N–H and O–H groups in total. The van der Waals surface area contributed by atoms with Crippen LogP contribution in [-0.2, 0) is 4.79 Å². The Kier molecular flexibility index (Phi) is 3.80. The molecule has 6 heteroatoms. The van der Waals surface area contributed by atoms with Gasteiger partial charge in [0.05, 0.1) is 23.4 Å². The number of fused-ring (bicyclic) bond motifs is 1. The van der Waals surface area contributed by atoms with Crippen LogP contribution in [0.1, 0.15) is 17.2 Å². The summed E-state index contributed by atoms with van der Waals surface area (Å²) in [5, 5.41) is 5.82. The van der Waals surface area contributed by atoms with Crippen molar-refractivity contribution in [2.24, 2.45) is 0 Å². The summed E-state index contributed by atoms with van der Waals surface area (Å²) in [6.07, 6.45) is 4.19. The van der Waals surface area contributed by atoms with Crippen LogP contribution in [0, 0.1) is 0 Å². The number of carbonyl (C=O) groups is 1. The Labute approximate surface area is 142 Å². The van der Waals surface area contributed by atoms with Crippen molar-refractivity contribution in [1.82, 2.24) is 20.3 Å². The maximum atomic E-state index is 11.1. The summed E-state index contributed by atoms with van der Waals surface area (Å²) in [4.78, 5) is 22.9. The van der Waals surface area contributed by atoms with Crippen LogP contribution in [0.4, 0.5) is 0 Å². The van der Waals surface area contributed by atoms with Crippen LogP contribution in [0.2, 0.25) is 0 Å². The number of carbonyl (C=O) groups excluding carboxylic acids is 1. The minimum absolute atomic E-state index is 0.233. The maximum Gasteiger partial charge on any atom is 0.207 e. The van der Waals surface area contributed by atoms with E-state index in [1.54, 1.807) is 23.9 Å². The fourth-order valence-corrected chi connectivity index (χ4v) is 3.43. The maximum absolute atomic E-state index is 11.1. The molecule has 2 aromatic heterocycles. The molecule has 2 heterocycles. The lowest BCUT2D eigenvalue weighted by Gasteiger charge is -2.18. The van der Waals surface area contributed by atoms with Crippen LogP contribution in [-0.4, -0.2) is 21.4 Å². The molecule has 0 saturated carbocycles. The predicted octanol–water partition coefficient (Wildman–Crippen LogP) is 3.52. The normalized spacial score (nSPS) is 12.2. The molecule has 0 bridgehead atoms. The van der Waals surface area contributed by atoms with Crippen LogP contribution in [0.5, 0.6) is 0 Å². The van der Waals surface area contributed by atoms with Gasteiger partial charge in [-0.05, 0) is 29.3 Å². The predicted molar refractivity (Wildman–Crippen MR) is 94.7 cm³/mol. The van der Waals surface area contributed by atoms with Crippen molar-refractivity contribution in [1.29, 1.82) is 0 Å². The summed E-state index contributed by atoms with van der Waals surface area (Å²) in [6.45, 7) is 0. The fourth-order valence-electron chi connectivity index (χ4n) is 2.80. The van der Waals surface area contributed by atoms with Crippen molar-refractivity contribution in [3.05, 3.63) is 71.5 Å². The third kappa shape index (κ3) is 2.68. The van der Waals surface area contributed by atoms with E-state index in [9.17, 15) is 4.79 Å². The van der Waals surface area contributed by atoms with Crippen LogP contribution >= 0.6 is 11.3 Å². The summed E-state index contributed by atoms with van der Waals surface area (Å²) in [5.41, 5.74) is 4.88. The summed E-state index contributed by atoms with van der Waals surface area (Å²) >= 11 is 1.59. The average molecular weight is 334 g/mol. The van der Waals surface area contributed by atoms with E-state index in [-0.39, 0.29) is 6.04 Å². The molecule has 0 aliphatic heterocycles. The van der Waals surface area contributed by atoms with Gasteiger partial charge < -0.3 is 10.3 Å². The third-order valence-electron chi connectivity index (χ3n) is 3.91. The highest BCUT2D eigenvalue weighted by Gasteiger charge is 2.15. The number of thiazole rings is 1. The van der Waals surface area contributed by atoms with E-state index in [4.69, 9.17) is 0 Å². The molecule has 0 aliphatic carbocycles. The molecule has 4 aromatic rings. The minimum atomic E-state index is -0.233. The van der Waals surface area contributed by atoms with Crippen molar-refractivity contribution >= 4 is 28.8 Å². The van der Waals surface area contributed by atoms with Crippen molar-refractivity contribution in [2.75, 3.05) is 0 Å². The highest BCUT2D eigenvalue weighted by molar-refractivity contribution is 7.13. The van der Waals surface area contributed by atoms with Crippen LogP contribution < -0.4 is 5.32 Å². The Balaban J connectivity index is 1.77. The molecule has 0 fully saturated rings. The molecule has 1 amide bonds. The lowest BCUT2D eigenvalue weighted by Crippen LogP contribution is -2.20. The fraction of sp³-hybridized carbons (Fsp3) is 0.0556. The number of nitrogens with one attached hydrogen (secondary N) is 2. The Morgan fingerprint density at radius 3 is 2.88 bits per heavy atom. The van der Waals surface area contributed by atoms with Gasteiger partial charge in [0.15, 0.2) is 0 Å². The second kappa shape index (κ2) is 6.25. The van der Waals surface area contributed by atoms with E-state index < -0.39 is 0 Å². The SMILES string of the molecule is O=CNC(c1cccc(-c2nccs2)c1)c1ccc2[nH]cnc2c1. The zero-order chi connectivity index (χ0) is 16.4.